The molecule has 108 valence electrons. The summed E-state index contributed by atoms with van der Waals surface area (Å²) in [5.41, 5.74) is 0.832. The second-order valence-corrected chi connectivity index (χ2v) is 6.10. The molecule has 1 rings (SSSR count). The molecule has 0 saturated carbocycles. The molecule has 5 nitrogen and oxygen atoms in total. The summed E-state index contributed by atoms with van der Waals surface area (Å²) in [6.45, 7) is 2.14. The number of rotatable bonds is 7. The Balaban J connectivity index is 2.62. The van der Waals surface area contributed by atoms with E-state index in [2.05, 4.69) is 5.32 Å². The Kier molecular flexibility index (Phi) is 6.91. The minimum atomic E-state index is -1.25. The van der Waals surface area contributed by atoms with Gasteiger partial charge in [0.2, 0.25) is 5.91 Å². The summed E-state index contributed by atoms with van der Waals surface area (Å²) in [6.07, 6.45) is 0.648. The largest absolute Gasteiger partial charge is 0.385 e. The molecule has 1 N–H and O–H groups in total. The van der Waals surface area contributed by atoms with Crippen molar-refractivity contribution in [3.05, 3.63) is 29.8 Å². The summed E-state index contributed by atoms with van der Waals surface area (Å²) in [6, 6.07) is 8.73. The molecular weight excluding hydrogens is 276 g/mol. The molecule has 0 fully saturated rings. The Labute approximate surface area is 121 Å². The molecule has 0 heterocycles. The van der Waals surface area contributed by atoms with Crippen LogP contribution in [0, 0.1) is 11.3 Å². The van der Waals surface area contributed by atoms with Crippen molar-refractivity contribution in [1.29, 1.82) is 5.26 Å². The van der Waals surface area contributed by atoms with E-state index in [1.165, 1.54) is 0 Å². The van der Waals surface area contributed by atoms with E-state index in [0.717, 1.165) is 0 Å². The quantitative estimate of drug-likeness (QED) is 0.776. The van der Waals surface area contributed by atoms with E-state index < -0.39 is 16.0 Å². The van der Waals surface area contributed by atoms with Crippen molar-refractivity contribution in [1.82, 2.24) is 0 Å². The van der Waals surface area contributed by atoms with Gasteiger partial charge < -0.3 is 10.1 Å². The maximum absolute atomic E-state index is 12.0. The summed E-state index contributed by atoms with van der Waals surface area (Å²) in [7, 11) is 0.328. The molecule has 2 atom stereocenters. The highest BCUT2D eigenvalue weighted by molar-refractivity contribution is 7.86. The standard InChI is InChI=1S/C14H18N2O3S/c1-11(20(18)9-5-8-19-2)14(17)16-13-7-4-3-6-12(13)10-15/h3-4,6-7,11H,5,8-9H2,1-2H3,(H,16,17). The van der Waals surface area contributed by atoms with Crippen LogP contribution in [0.5, 0.6) is 0 Å². The minimum Gasteiger partial charge on any atom is -0.385 e. The molecule has 1 aromatic rings. The van der Waals surface area contributed by atoms with Crippen LogP contribution < -0.4 is 5.32 Å². The highest BCUT2D eigenvalue weighted by Crippen LogP contribution is 2.14. The Bertz CT molecular complexity index is 525. The highest BCUT2D eigenvalue weighted by Gasteiger charge is 2.20. The maximum atomic E-state index is 12.0. The first-order valence-electron chi connectivity index (χ1n) is 6.26. The van der Waals surface area contributed by atoms with Crippen LogP contribution in [0.4, 0.5) is 5.69 Å². The molecule has 1 aromatic carbocycles. The molecule has 6 heteroatoms. The van der Waals surface area contributed by atoms with E-state index in [1.54, 1.807) is 38.3 Å². The van der Waals surface area contributed by atoms with Gasteiger partial charge in [-0.3, -0.25) is 9.00 Å². The molecule has 0 aliphatic heterocycles. The lowest BCUT2D eigenvalue weighted by molar-refractivity contribution is -0.115. The monoisotopic (exact) mass is 294 g/mol. The lowest BCUT2D eigenvalue weighted by atomic mass is 10.2. The predicted octanol–water partition coefficient (Wildman–Crippen LogP) is 1.67. The summed E-state index contributed by atoms with van der Waals surface area (Å²) in [5.74, 6) is 0.0749. The normalized spacial score (nSPS) is 13.2. The van der Waals surface area contributed by atoms with E-state index >= 15 is 0 Å². The van der Waals surface area contributed by atoms with Gasteiger partial charge in [0.25, 0.3) is 0 Å². The van der Waals surface area contributed by atoms with Gasteiger partial charge in [0.1, 0.15) is 11.3 Å². The molecule has 0 aliphatic rings. The van der Waals surface area contributed by atoms with E-state index in [9.17, 15) is 9.00 Å². The molecule has 1 amide bonds. The Morgan fingerprint density at radius 3 is 2.85 bits per heavy atom. The van der Waals surface area contributed by atoms with Gasteiger partial charge in [-0.2, -0.15) is 5.26 Å². The SMILES string of the molecule is COCCCS(=O)C(C)C(=O)Nc1ccccc1C#N. The minimum absolute atomic E-state index is 0.344. The highest BCUT2D eigenvalue weighted by atomic mass is 32.2. The average Bonchev–Trinajstić information content (AvgIpc) is 2.47. The number of carbonyl (C=O) groups is 1. The van der Waals surface area contributed by atoms with Crippen LogP contribution in [-0.4, -0.2) is 34.8 Å². The molecule has 0 radical (unpaired) electrons. The van der Waals surface area contributed by atoms with E-state index in [-0.39, 0.29) is 5.91 Å². The fourth-order valence-corrected chi connectivity index (χ4v) is 2.62. The number of ether oxygens (including phenoxy) is 1. The lowest BCUT2D eigenvalue weighted by Gasteiger charge is -2.12. The van der Waals surface area contributed by atoms with Crippen molar-refractivity contribution in [2.45, 2.75) is 18.6 Å². The first-order chi connectivity index (χ1) is 9.60. The Hall–Kier alpha value is -1.71. The number of nitrogens with one attached hydrogen (secondary N) is 1. The molecule has 0 spiro atoms. The third kappa shape index (κ3) is 4.76. The number of anilines is 1. The van der Waals surface area contributed by atoms with E-state index in [1.807, 2.05) is 6.07 Å². The number of benzene rings is 1. The Morgan fingerprint density at radius 2 is 2.20 bits per heavy atom. The third-order valence-corrected chi connectivity index (χ3v) is 4.46. The fraction of sp³-hybridized carbons (Fsp3) is 0.429. The number of carbonyl (C=O) groups excluding carboxylic acids is 1. The van der Waals surface area contributed by atoms with Gasteiger partial charge in [0.05, 0.1) is 11.3 Å². The number of amides is 1. The molecule has 0 bridgehead atoms. The average molecular weight is 294 g/mol. The molecule has 0 saturated heterocycles. The first-order valence-corrected chi connectivity index (χ1v) is 7.64. The van der Waals surface area contributed by atoms with Crippen LogP contribution in [-0.2, 0) is 20.3 Å². The summed E-state index contributed by atoms with van der Waals surface area (Å²) in [5, 5.41) is 11.0. The second kappa shape index (κ2) is 8.46. The van der Waals surface area contributed by atoms with Crippen molar-refractivity contribution in [3.8, 4) is 6.07 Å². The van der Waals surface area contributed by atoms with Crippen molar-refractivity contribution in [2.24, 2.45) is 0 Å². The predicted molar refractivity (Wildman–Crippen MR) is 78.8 cm³/mol. The zero-order valence-corrected chi connectivity index (χ0v) is 12.4. The van der Waals surface area contributed by atoms with Gasteiger partial charge in [-0.25, -0.2) is 0 Å². The molecule has 20 heavy (non-hydrogen) atoms. The van der Waals surface area contributed by atoms with E-state index in [4.69, 9.17) is 10.00 Å². The molecular formula is C14H18N2O3S. The van der Waals surface area contributed by atoms with Crippen LogP contribution in [0.25, 0.3) is 0 Å². The Morgan fingerprint density at radius 1 is 1.50 bits per heavy atom. The van der Waals surface area contributed by atoms with Gasteiger partial charge in [-0.1, -0.05) is 12.1 Å². The topological polar surface area (TPSA) is 79.2 Å². The number of nitrogens with zero attached hydrogens (tertiary/aromatic N) is 1. The molecule has 0 aromatic heterocycles. The zero-order chi connectivity index (χ0) is 15.0. The van der Waals surface area contributed by atoms with Crippen molar-refractivity contribution < 1.29 is 13.7 Å². The summed E-state index contributed by atoms with van der Waals surface area (Å²) < 4.78 is 16.8. The number of hydrogen-bond acceptors (Lipinski definition) is 4. The fourth-order valence-electron chi connectivity index (χ4n) is 1.57. The van der Waals surface area contributed by atoms with Gasteiger partial charge in [-0.05, 0) is 25.5 Å². The molecule has 2 unspecified atom stereocenters. The second-order valence-electron chi connectivity index (χ2n) is 4.22. The lowest BCUT2D eigenvalue weighted by Crippen LogP contribution is -2.30. The van der Waals surface area contributed by atoms with Crippen LogP contribution in [0.3, 0.4) is 0 Å². The van der Waals surface area contributed by atoms with Gasteiger partial charge >= 0.3 is 0 Å². The number of nitriles is 1. The zero-order valence-electron chi connectivity index (χ0n) is 11.6. The van der Waals surface area contributed by atoms with Crippen molar-refractivity contribution in [3.63, 3.8) is 0 Å². The number of para-hydroxylation sites is 1. The molecule has 0 aliphatic carbocycles. The van der Waals surface area contributed by atoms with E-state index in [0.29, 0.717) is 30.0 Å². The number of methoxy groups -OCH3 is 1. The summed E-state index contributed by atoms with van der Waals surface area (Å²) >= 11 is 0. The smallest absolute Gasteiger partial charge is 0.239 e. The van der Waals surface area contributed by atoms with Gasteiger partial charge in [-0.15, -0.1) is 0 Å². The maximum Gasteiger partial charge on any atom is 0.239 e. The van der Waals surface area contributed by atoms with Crippen molar-refractivity contribution in [2.75, 3.05) is 24.8 Å². The third-order valence-electron chi connectivity index (χ3n) is 2.76. The van der Waals surface area contributed by atoms with Crippen LogP contribution in [0.2, 0.25) is 0 Å². The van der Waals surface area contributed by atoms with Crippen molar-refractivity contribution >= 4 is 22.4 Å². The van der Waals surface area contributed by atoms with Crippen LogP contribution in [0.15, 0.2) is 24.3 Å². The first kappa shape index (κ1) is 16.3. The van der Waals surface area contributed by atoms with Gasteiger partial charge in [0, 0.05) is 30.3 Å². The van der Waals surface area contributed by atoms with Crippen LogP contribution in [0.1, 0.15) is 18.9 Å². The number of hydrogen-bond donors (Lipinski definition) is 1. The summed E-state index contributed by atoms with van der Waals surface area (Å²) in [4.78, 5) is 12.0. The van der Waals surface area contributed by atoms with Gasteiger partial charge in [0.15, 0.2) is 0 Å². The van der Waals surface area contributed by atoms with Crippen LogP contribution >= 0.6 is 0 Å².